The quantitative estimate of drug-likeness (QED) is 0.380. The molecule has 0 saturated heterocycles. The Balaban J connectivity index is 2.89. The standard InChI is InChI=1S/C7H15BrO2/c1-7(5-8)3-4-10-6-9-2/h7H,3-6H2,1-2H3/t7-/m1/s1. The minimum atomic E-state index is 0.412. The molecule has 0 aliphatic rings. The average molecular weight is 211 g/mol. The molecule has 62 valence electrons. The van der Waals surface area contributed by atoms with Crippen molar-refractivity contribution in [3.8, 4) is 0 Å². The van der Waals surface area contributed by atoms with Crippen LogP contribution in [0.15, 0.2) is 0 Å². The van der Waals surface area contributed by atoms with Crippen molar-refractivity contribution in [2.24, 2.45) is 5.92 Å². The van der Waals surface area contributed by atoms with E-state index in [-0.39, 0.29) is 0 Å². The van der Waals surface area contributed by atoms with Crippen molar-refractivity contribution in [2.45, 2.75) is 13.3 Å². The van der Waals surface area contributed by atoms with Crippen molar-refractivity contribution in [1.82, 2.24) is 0 Å². The molecule has 0 N–H and O–H groups in total. The molecule has 0 heterocycles. The third-order valence-corrected chi connectivity index (χ3v) is 2.32. The monoisotopic (exact) mass is 210 g/mol. The molecule has 0 unspecified atom stereocenters. The predicted octanol–water partition coefficient (Wildman–Crippen LogP) is 2.03. The van der Waals surface area contributed by atoms with Gasteiger partial charge in [-0.1, -0.05) is 22.9 Å². The average Bonchev–Trinajstić information content (AvgIpc) is 1.98. The van der Waals surface area contributed by atoms with E-state index in [1.807, 2.05) is 0 Å². The SMILES string of the molecule is COCOCC[C@@H](C)CBr. The van der Waals surface area contributed by atoms with Gasteiger partial charge in [-0.3, -0.25) is 0 Å². The third-order valence-electron chi connectivity index (χ3n) is 1.22. The fourth-order valence-corrected chi connectivity index (χ4v) is 0.828. The fourth-order valence-electron chi connectivity index (χ4n) is 0.504. The summed E-state index contributed by atoms with van der Waals surface area (Å²) in [5.41, 5.74) is 0. The van der Waals surface area contributed by atoms with Gasteiger partial charge in [-0.2, -0.15) is 0 Å². The van der Waals surface area contributed by atoms with Gasteiger partial charge in [0, 0.05) is 19.0 Å². The summed E-state index contributed by atoms with van der Waals surface area (Å²) in [6.45, 7) is 3.39. The van der Waals surface area contributed by atoms with E-state index in [0.29, 0.717) is 12.7 Å². The van der Waals surface area contributed by atoms with Crippen molar-refractivity contribution >= 4 is 15.9 Å². The molecule has 0 rings (SSSR count). The molecule has 0 aromatic heterocycles. The van der Waals surface area contributed by atoms with Crippen LogP contribution < -0.4 is 0 Å². The smallest absolute Gasteiger partial charge is 0.146 e. The number of alkyl halides is 1. The summed E-state index contributed by atoms with van der Waals surface area (Å²) in [4.78, 5) is 0. The van der Waals surface area contributed by atoms with Crippen LogP contribution in [0.3, 0.4) is 0 Å². The highest BCUT2D eigenvalue weighted by atomic mass is 79.9. The second-order valence-corrected chi connectivity index (χ2v) is 3.01. The first kappa shape index (κ1) is 10.4. The van der Waals surface area contributed by atoms with Gasteiger partial charge in [0.05, 0.1) is 0 Å². The molecule has 0 aliphatic heterocycles. The summed E-state index contributed by atoms with van der Waals surface area (Å²) in [5, 5.41) is 1.04. The van der Waals surface area contributed by atoms with E-state index in [4.69, 9.17) is 9.47 Å². The summed E-state index contributed by atoms with van der Waals surface area (Å²) in [6, 6.07) is 0. The minimum absolute atomic E-state index is 0.412. The molecule has 2 nitrogen and oxygen atoms in total. The lowest BCUT2D eigenvalue weighted by Gasteiger charge is -2.06. The van der Waals surface area contributed by atoms with E-state index in [1.54, 1.807) is 7.11 Å². The van der Waals surface area contributed by atoms with Gasteiger partial charge in [0.25, 0.3) is 0 Å². The van der Waals surface area contributed by atoms with Crippen molar-refractivity contribution in [2.75, 3.05) is 25.8 Å². The molecule has 0 spiro atoms. The first-order valence-electron chi connectivity index (χ1n) is 3.44. The fraction of sp³-hybridized carbons (Fsp3) is 1.00. The van der Waals surface area contributed by atoms with Crippen LogP contribution in [0.1, 0.15) is 13.3 Å². The summed E-state index contributed by atoms with van der Waals surface area (Å²) >= 11 is 3.40. The first-order chi connectivity index (χ1) is 4.81. The van der Waals surface area contributed by atoms with E-state index in [9.17, 15) is 0 Å². The molecule has 0 aliphatic carbocycles. The highest BCUT2D eigenvalue weighted by molar-refractivity contribution is 9.09. The van der Waals surface area contributed by atoms with Crippen LogP contribution in [0.4, 0.5) is 0 Å². The molecule has 0 amide bonds. The Morgan fingerprint density at radius 1 is 1.50 bits per heavy atom. The van der Waals surface area contributed by atoms with Crippen LogP contribution in [0.2, 0.25) is 0 Å². The van der Waals surface area contributed by atoms with Crippen LogP contribution >= 0.6 is 15.9 Å². The number of hydrogen-bond acceptors (Lipinski definition) is 2. The molecule has 0 aromatic rings. The van der Waals surface area contributed by atoms with E-state index in [0.717, 1.165) is 18.4 Å². The van der Waals surface area contributed by atoms with Gasteiger partial charge in [0.15, 0.2) is 0 Å². The molecule has 0 bridgehead atoms. The van der Waals surface area contributed by atoms with Crippen molar-refractivity contribution < 1.29 is 9.47 Å². The van der Waals surface area contributed by atoms with Crippen LogP contribution in [0, 0.1) is 5.92 Å². The zero-order chi connectivity index (χ0) is 7.82. The van der Waals surface area contributed by atoms with Gasteiger partial charge in [0.2, 0.25) is 0 Å². The summed E-state index contributed by atoms with van der Waals surface area (Å²) in [6.07, 6.45) is 1.09. The molecule has 0 radical (unpaired) electrons. The number of rotatable bonds is 6. The molecule has 10 heavy (non-hydrogen) atoms. The molecule has 0 saturated carbocycles. The highest BCUT2D eigenvalue weighted by Crippen LogP contribution is 2.04. The Hall–Kier alpha value is 0.400. The topological polar surface area (TPSA) is 18.5 Å². The molecule has 3 heteroatoms. The maximum Gasteiger partial charge on any atom is 0.146 e. The Morgan fingerprint density at radius 3 is 2.70 bits per heavy atom. The number of ether oxygens (including phenoxy) is 2. The Morgan fingerprint density at radius 2 is 2.20 bits per heavy atom. The van der Waals surface area contributed by atoms with Gasteiger partial charge in [-0.05, 0) is 12.3 Å². The normalized spacial score (nSPS) is 13.5. The molecular formula is C7H15BrO2. The zero-order valence-corrected chi connectivity index (χ0v) is 8.19. The minimum Gasteiger partial charge on any atom is -0.359 e. The lowest BCUT2D eigenvalue weighted by molar-refractivity contribution is -0.0333. The number of hydrogen-bond donors (Lipinski definition) is 0. The lowest BCUT2D eigenvalue weighted by Crippen LogP contribution is -2.04. The molecule has 0 aromatic carbocycles. The predicted molar refractivity (Wildman–Crippen MR) is 45.4 cm³/mol. The molecule has 1 atom stereocenters. The Kier molecular flexibility index (Phi) is 7.81. The largest absolute Gasteiger partial charge is 0.359 e. The van der Waals surface area contributed by atoms with E-state index >= 15 is 0 Å². The molecular weight excluding hydrogens is 196 g/mol. The summed E-state index contributed by atoms with van der Waals surface area (Å²) < 4.78 is 9.84. The van der Waals surface area contributed by atoms with Crippen LogP contribution in [0.25, 0.3) is 0 Å². The number of halogens is 1. The maximum atomic E-state index is 5.11. The van der Waals surface area contributed by atoms with Gasteiger partial charge < -0.3 is 9.47 Å². The van der Waals surface area contributed by atoms with Gasteiger partial charge in [0.1, 0.15) is 6.79 Å². The highest BCUT2D eigenvalue weighted by Gasteiger charge is 1.97. The Bertz CT molecular complexity index is 68.6. The Labute approximate surface area is 71.0 Å². The number of methoxy groups -OCH3 is 1. The second kappa shape index (κ2) is 7.51. The third kappa shape index (κ3) is 6.52. The van der Waals surface area contributed by atoms with Gasteiger partial charge in [-0.25, -0.2) is 0 Å². The maximum absolute atomic E-state index is 5.11. The van der Waals surface area contributed by atoms with Crippen molar-refractivity contribution in [1.29, 1.82) is 0 Å². The molecule has 0 fully saturated rings. The van der Waals surface area contributed by atoms with Gasteiger partial charge >= 0.3 is 0 Å². The summed E-state index contributed by atoms with van der Waals surface area (Å²) in [7, 11) is 1.63. The second-order valence-electron chi connectivity index (χ2n) is 2.36. The first-order valence-corrected chi connectivity index (χ1v) is 4.56. The zero-order valence-electron chi connectivity index (χ0n) is 6.60. The van der Waals surface area contributed by atoms with Crippen LogP contribution in [-0.4, -0.2) is 25.8 Å². The van der Waals surface area contributed by atoms with E-state index in [2.05, 4.69) is 22.9 Å². The van der Waals surface area contributed by atoms with Crippen LogP contribution in [0.5, 0.6) is 0 Å². The van der Waals surface area contributed by atoms with Crippen molar-refractivity contribution in [3.63, 3.8) is 0 Å². The summed E-state index contributed by atoms with van der Waals surface area (Å²) in [5.74, 6) is 0.692. The van der Waals surface area contributed by atoms with E-state index in [1.165, 1.54) is 0 Å². The lowest BCUT2D eigenvalue weighted by atomic mass is 10.1. The van der Waals surface area contributed by atoms with Crippen LogP contribution in [-0.2, 0) is 9.47 Å². The van der Waals surface area contributed by atoms with Gasteiger partial charge in [-0.15, -0.1) is 0 Å². The van der Waals surface area contributed by atoms with Crippen molar-refractivity contribution in [3.05, 3.63) is 0 Å². The van der Waals surface area contributed by atoms with E-state index < -0.39 is 0 Å².